The molecule has 0 saturated carbocycles. The fraction of sp³-hybridized carbons (Fsp3) is 0.0476. The van der Waals surface area contributed by atoms with Gasteiger partial charge in [-0.05, 0) is 61.0 Å². The Hall–Kier alpha value is -3.11. The fourth-order valence-corrected chi connectivity index (χ4v) is 3.21. The molecule has 4 rings (SSSR count). The zero-order valence-electron chi connectivity index (χ0n) is 14.1. The Kier molecular flexibility index (Phi) is 4.19. The van der Waals surface area contributed by atoms with E-state index in [4.69, 9.17) is 11.6 Å². The monoisotopic (exact) mass is 361 g/mol. The number of hydrogen-bond acceptors (Lipinski definition) is 2. The molecule has 5 heteroatoms. The number of H-pyrrole nitrogens is 1. The summed E-state index contributed by atoms with van der Waals surface area (Å²) in [7, 11) is 0. The van der Waals surface area contributed by atoms with E-state index in [-0.39, 0.29) is 5.91 Å². The van der Waals surface area contributed by atoms with Crippen LogP contribution in [0.2, 0.25) is 5.02 Å². The zero-order valence-corrected chi connectivity index (χ0v) is 14.8. The second-order valence-electron chi connectivity index (χ2n) is 6.10. The highest BCUT2D eigenvalue weighted by atomic mass is 35.5. The molecule has 2 aromatic heterocycles. The van der Waals surface area contributed by atoms with Crippen LogP contribution in [-0.2, 0) is 0 Å². The Morgan fingerprint density at radius 2 is 2.00 bits per heavy atom. The lowest BCUT2D eigenvalue weighted by molar-refractivity contribution is 0.102. The van der Waals surface area contributed by atoms with Gasteiger partial charge in [-0.2, -0.15) is 0 Å². The van der Waals surface area contributed by atoms with Gasteiger partial charge in [0.25, 0.3) is 5.91 Å². The van der Waals surface area contributed by atoms with E-state index in [0.717, 1.165) is 33.4 Å². The summed E-state index contributed by atoms with van der Waals surface area (Å²) in [6.07, 6.45) is 3.58. The quantitative estimate of drug-likeness (QED) is 0.510. The molecule has 0 radical (unpaired) electrons. The number of nitrogens with zero attached hydrogens (tertiary/aromatic N) is 1. The Morgan fingerprint density at radius 1 is 1.12 bits per heavy atom. The molecule has 26 heavy (non-hydrogen) atoms. The lowest BCUT2D eigenvalue weighted by atomic mass is 10.0. The molecule has 4 aromatic rings. The molecule has 2 heterocycles. The molecule has 1 amide bonds. The van der Waals surface area contributed by atoms with Crippen LogP contribution in [0.15, 0.2) is 67.0 Å². The minimum atomic E-state index is -0.151. The summed E-state index contributed by atoms with van der Waals surface area (Å²) < 4.78 is 0. The van der Waals surface area contributed by atoms with Crippen molar-refractivity contribution >= 4 is 34.1 Å². The van der Waals surface area contributed by atoms with Crippen LogP contribution in [0.1, 0.15) is 15.9 Å². The largest absolute Gasteiger partial charge is 0.361 e. The van der Waals surface area contributed by atoms with Crippen molar-refractivity contribution in [2.24, 2.45) is 0 Å². The first-order valence-electron chi connectivity index (χ1n) is 8.22. The van der Waals surface area contributed by atoms with Crippen LogP contribution in [0.25, 0.3) is 22.2 Å². The number of fused-ring (bicyclic) bond motifs is 1. The lowest BCUT2D eigenvalue weighted by Crippen LogP contribution is -2.12. The maximum Gasteiger partial charge on any atom is 0.255 e. The normalized spacial score (nSPS) is 10.8. The van der Waals surface area contributed by atoms with E-state index in [2.05, 4.69) is 15.3 Å². The molecular formula is C21H16ClN3O. The summed E-state index contributed by atoms with van der Waals surface area (Å²) in [5.74, 6) is -0.151. The van der Waals surface area contributed by atoms with Gasteiger partial charge in [-0.3, -0.25) is 9.78 Å². The van der Waals surface area contributed by atoms with Crippen molar-refractivity contribution in [1.29, 1.82) is 0 Å². The SMILES string of the molecule is Cc1cc(C(=O)Nc2ccc3[nH]ccc3c2)ccc1-c1ncccc1Cl. The Labute approximate surface area is 155 Å². The molecule has 2 N–H and O–H groups in total. The van der Waals surface area contributed by atoms with Crippen LogP contribution in [0, 0.1) is 6.92 Å². The molecule has 0 spiro atoms. The lowest BCUT2D eigenvalue weighted by Gasteiger charge is -2.10. The van der Waals surface area contributed by atoms with Crippen LogP contribution < -0.4 is 5.32 Å². The number of amides is 1. The summed E-state index contributed by atoms with van der Waals surface area (Å²) in [5, 5.41) is 4.59. The van der Waals surface area contributed by atoms with Gasteiger partial charge in [-0.15, -0.1) is 0 Å². The number of anilines is 1. The molecule has 0 bridgehead atoms. The topological polar surface area (TPSA) is 57.8 Å². The van der Waals surface area contributed by atoms with Gasteiger partial charge < -0.3 is 10.3 Å². The highest BCUT2D eigenvalue weighted by molar-refractivity contribution is 6.33. The highest BCUT2D eigenvalue weighted by Crippen LogP contribution is 2.28. The molecule has 0 aliphatic carbocycles. The second-order valence-corrected chi connectivity index (χ2v) is 6.50. The van der Waals surface area contributed by atoms with E-state index in [0.29, 0.717) is 10.6 Å². The number of rotatable bonds is 3. The van der Waals surface area contributed by atoms with Crippen molar-refractivity contribution in [3.8, 4) is 11.3 Å². The third-order valence-electron chi connectivity index (χ3n) is 4.31. The van der Waals surface area contributed by atoms with Crippen LogP contribution in [0.4, 0.5) is 5.69 Å². The second kappa shape index (κ2) is 6.65. The van der Waals surface area contributed by atoms with Crippen LogP contribution in [-0.4, -0.2) is 15.9 Å². The smallest absolute Gasteiger partial charge is 0.255 e. The maximum atomic E-state index is 12.6. The van der Waals surface area contributed by atoms with Gasteiger partial charge in [0.05, 0.1) is 10.7 Å². The summed E-state index contributed by atoms with van der Waals surface area (Å²) in [4.78, 5) is 20.1. The summed E-state index contributed by atoms with van der Waals surface area (Å²) >= 11 is 6.23. The molecule has 0 aliphatic heterocycles. The van der Waals surface area contributed by atoms with Gasteiger partial charge >= 0.3 is 0 Å². The minimum absolute atomic E-state index is 0.151. The summed E-state index contributed by atoms with van der Waals surface area (Å²) in [6.45, 7) is 1.95. The van der Waals surface area contributed by atoms with Gasteiger partial charge in [0.1, 0.15) is 0 Å². The number of carbonyl (C=O) groups excluding carboxylic acids is 1. The first-order chi connectivity index (χ1) is 12.6. The van der Waals surface area contributed by atoms with Gasteiger partial charge in [-0.25, -0.2) is 0 Å². The number of halogens is 1. The number of benzene rings is 2. The number of aromatic amines is 1. The molecule has 2 aromatic carbocycles. The molecule has 128 valence electrons. The standard InChI is InChI=1S/C21H16ClN3O/c1-13-11-15(4-6-17(13)20-18(22)3-2-9-24-20)21(26)25-16-5-7-19-14(12-16)8-10-23-19/h2-12,23H,1H3,(H,25,26). The third-order valence-corrected chi connectivity index (χ3v) is 4.62. The average Bonchev–Trinajstić information content (AvgIpc) is 3.10. The van der Waals surface area contributed by atoms with Crippen LogP contribution in [0.3, 0.4) is 0 Å². The Morgan fingerprint density at radius 3 is 2.81 bits per heavy atom. The van der Waals surface area contributed by atoms with Crippen molar-refractivity contribution in [1.82, 2.24) is 9.97 Å². The van der Waals surface area contributed by atoms with Crippen LogP contribution >= 0.6 is 11.6 Å². The van der Waals surface area contributed by atoms with E-state index in [1.54, 1.807) is 24.4 Å². The van der Waals surface area contributed by atoms with E-state index in [9.17, 15) is 4.79 Å². The van der Waals surface area contributed by atoms with E-state index in [1.165, 1.54) is 0 Å². The predicted molar refractivity (Wildman–Crippen MR) is 106 cm³/mol. The first-order valence-corrected chi connectivity index (χ1v) is 8.59. The number of aromatic nitrogens is 2. The molecule has 4 nitrogen and oxygen atoms in total. The van der Waals surface area contributed by atoms with Crippen molar-refractivity contribution in [3.05, 3.63) is 83.1 Å². The van der Waals surface area contributed by atoms with E-state index >= 15 is 0 Å². The first kappa shape index (κ1) is 16.4. The number of pyridine rings is 1. The Balaban J connectivity index is 1.60. The van der Waals surface area contributed by atoms with Gasteiger partial charge in [-0.1, -0.05) is 17.7 Å². The fourth-order valence-electron chi connectivity index (χ4n) is 2.99. The van der Waals surface area contributed by atoms with Gasteiger partial charge in [0.15, 0.2) is 0 Å². The highest BCUT2D eigenvalue weighted by Gasteiger charge is 2.12. The predicted octanol–water partition coefficient (Wildman–Crippen LogP) is 5.44. The molecule has 0 atom stereocenters. The summed E-state index contributed by atoms with van der Waals surface area (Å²) in [5.41, 5.74) is 4.97. The van der Waals surface area contributed by atoms with Crippen LogP contribution in [0.5, 0.6) is 0 Å². The number of aryl methyl sites for hydroxylation is 1. The number of carbonyl (C=O) groups is 1. The van der Waals surface area contributed by atoms with Crippen molar-refractivity contribution in [2.45, 2.75) is 6.92 Å². The third kappa shape index (κ3) is 3.07. The average molecular weight is 362 g/mol. The molecule has 0 aliphatic rings. The van der Waals surface area contributed by atoms with Crippen molar-refractivity contribution in [3.63, 3.8) is 0 Å². The van der Waals surface area contributed by atoms with E-state index in [1.807, 2.05) is 49.5 Å². The number of hydrogen-bond donors (Lipinski definition) is 2. The molecule has 0 fully saturated rings. The minimum Gasteiger partial charge on any atom is -0.361 e. The van der Waals surface area contributed by atoms with E-state index < -0.39 is 0 Å². The maximum absolute atomic E-state index is 12.6. The zero-order chi connectivity index (χ0) is 18.1. The van der Waals surface area contributed by atoms with Gasteiger partial charge in [0.2, 0.25) is 0 Å². The molecular weight excluding hydrogens is 346 g/mol. The van der Waals surface area contributed by atoms with Crippen molar-refractivity contribution in [2.75, 3.05) is 5.32 Å². The Bertz CT molecular complexity index is 1120. The number of nitrogens with one attached hydrogen (secondary N) is 2. The summed E-state index contributed by atoms with van der Waals surface area (Å²) in [6, 6.07) is 16.9. The van der Waals surface area contributed by atoms with Gasteiger partial charge in [0, 0.05) is 40.1 Å². The molecule has 0 saturated heterocycles. The molecule has 0 unspecified atom stereocenters. The van der Waals surface area contributed by atoms with Crippen molar-refractivity contribution < 1.29 is 4.79 Å².